The number of imide groups is 1. The monoisotopic (exact) mass is 727 g/mol. The first-order valence-corrected chi connectivity index (χ1v) is 16.7. The van der Waals surface area contributed by atoms with Crippen molar-refractivity contribution in [1.29, 1.82) is 0 Å². The Morgan fingerprint density at radius 2 is 0.980 bits per heavy atom. The second-order valence-corrected chi connectivity index (χ2v) is 13.9. The van der Waals surface area contributed by atoms with Crippen molar-refractivity contribution in [2.45, 2.75) is 17.0 Å². The zero-order chi connectivity index (χ0) is 35.2. The van der Waals surface area contributed by atoms with Gasteiger partial charge in [-0.25, -0.2) is 4.90 Å². The minimum Gasteiger partial charge on any atom is -0.297 e. The van der Waals surface area contributed by atoms with Crippen molar-refractivity contribution < 1.29 is 27.6 Å². The molecule has 4 nitrogen and oxygen atoms in total. The zero-order valence-electron chi connectivity index (χ0n) is 25.7. The van der Waals surface area contributed by atoms with Crippen molar-refractivity contribution >= 4 is 69.2 Å². The van der Waals surface area contributed by atoms with Gasteiger partial charge in [0.2, 0.25) is 11.8 Å². The topological polar surface area (TPSA) is 54.5 Å². The highest BCUT2D eigenvalue weighted by molar-refractivity contribution is 6.41. The van der Waals surface area contributed by atoms with Gasteiger partial charge in [0.15, 0.2) is 5.78 Å². The van der Waals surface area contributed by atoms with E-state index >= 15 is 14.4 Å². The highest BCUT2D eigenvalue weighted by atomic mass is 35.5. The molecular weight excluding hydrogens is 706 g/mol. The van der Waals surface area contributed by atoms with Crippen LogP contribution < -0.4 is 4.90 Å². The van der Waals surface area contributed by atoms with Crippen LogP contribution in [0.2, 0.25) is 15.1 Å². The summed E-state index contributed by atoms with van der Waals surface area (Å²) >= 11 is 19.2. The molecule has 10 heteroatoms. The van der Waals surface area contributed by atoms with Crippen molar-refractivity contribution in [3.8, 4) is 0 Å². The van der Waals surface area contributed by atoms with Gasteiger partial charge in [-0.2, -0.15) is 13.2 Å². The summed E-state index contributed by atoms with van der Waals surface area (Å²) in [7, 11) is 0. The molecule has 2 fully saturated rings. The number of benzene rings is 5. The number of carbonyl (C=O) groups is 3. The Bertz CT molecular complexity index is 2130. The molecule has 0 unspecified atom stereocenters. The molecule has 248 valence electrons. The third kappa shape index (κ3) is 4.30. The number of carbonyl (C=O) groups excluding carboxylic acids is 3. The highest BCUT2D eigenvalue weighted by Gasteiger charge is 2.82. The number of amides is 2. The molecule has 1 aliphatic heterocycles. The molecular formula is C40H23Cl3F3NO3. The summed E-state index contributed by atoms with van der Waals surface area (Å²) in [4.78, 5) is 46.9. The number of nitrogens with zero attached hydrogens (tertiary/aromatic N) is 1. The first kappa shape index (κ1) is 32.5. The number of hydrogen-bond acceptors (Lipinski definition) is 3. The maximum atomic E-state index is 15.9. The van der Waals surface area contributed by atoms with E-state index < -0.39 is 57.7 Å². The van der Waals surface area contributed by atoms with Crippen LogP contribution in [0.1, 0.15) is 27.8 Å². The fourth-order valence-electron chi connectivity index (χ4n) is 8.46. The average molecular weight is 729 g/mol. The highest BCUT2D eigenvalue weighted by Crippen LogP contribution is 2.74. The van der Waals surface area contributed by atoms with E-state index in [2.05, 4.69) is 0 Å². The number of alkyl halides is 3. The second-order valence-electron chi connectivity index (χ2n) is 12.6. The number of anilines is 1. The smallest absolute Gasteiger partial charge is 0.297 e. The number of allylic oxidation sites excluding steroid dienone is 2. The molecule has 0 N–H and O–H groups in total. The standard InChI is InChI=1S/C40H23Cl3F3NO3/c41-27-16-11-24(12-17-27)38-31(22-7-3-1-4-8-22)32(23-9-5-2-6-10-23)39(37(38)50,25-13-18-28(42)19-14-25)34-33(38)35(48)47(36(34)49)30-21-26(40(44,45)46)15-20-29(30)43/h1-21,33-34H/t33-,34-,38-,39-/m1/s1. The van der Waals surface area contributed by atoms with E-state index in [1.807, 2.05) is 60.7 Å². The van der Waals surface area contributed by atoms with Gasteiger partial charge in [0.25, 0.3) is 0 Å². The molecule has 1 heterocycles. The Hall–Kier alpha value is -4.69. The molecule has 4 atom stereocenters. The van der Waals surface area contributed by atoms with Gasteiger partial charge in [0.1, 0.15) is 0 Å². The van der Waals surface area contributed by atoms with E-state index in [0.29, 0.717) is 49.5 Å². The average Bonchev–Trinajstić information content (AvgIpc) is 3.61. The summed E-state index contributed by atoms with van der Waals surface area (Å²) < 4.78 is 42.0. The van der Waals surface area contributed by atoms with Gasteiger partial charge in [-0.1, -0.05) is 120 Å². The number of rotatable bonds is 5. The molecule has 0 spiro atoms. The summed E-state index contributed by atoms with van der Waals surface area (Å²) in [6.45, 7) is 0. The van der Waals surface area contributed by atoms with E-state index in [1.165, 1.54) is 0 Å². The zero-order valence-corrected chi connectivity index (χ0v) is 28.0. The minimum atomic E-state index is -4.78. The third-order valence-electron chi connectivity index (χ3n) is 10.2. The predicted octanol–water partition coefficient (Wildman–Crippen LogP) is 9.85. The third-order valence-corrected chi connectivity index (χ3v) is 11.1. The van der Waals surface area contributed by atoms with Crippen molar-refractivity contribution in [3.05, 3.63) is 170 Å². The molecule has 8 rings (SSSR count). The molecule has 2 bridgehead atoms. The number of halogens is 6. The Kier molecular flexibility index (Phi) is 7.43. The Morgan fingerprint density at radius 3 is 1.38 bits per heavy atom. The lowest BCUT2D eigenvalue weighted by atomic mass is 9.59. The number of fused-ring (bicyclic) bond motifs is 5. The molecule has 5 aromatic carbocycles. The van der Waals surface area contributed by atoms with Crippen LogP contribution in [0.15, 0.2) is 127 Å². The van der Waals surface area contributed by atoms with Gasteiger partial charge in [-0.3, -0.25) is 14.4 Å². The van der Waals surface area contributed by atoms with Crippen LogP contribution in [0.3, 0.4) is 0 Å². The number of Topliss-reactive ketones (excluding diaryl/α,β-unsaturated/α-hetero) is 1. The summed E-state index contributed by atoms with van der Waals surface area (Å²) in [5, 5.41) is 0.543. The Balaban J connectivity index is 1.53. The SMILES string of the molecule is O=C1[C@H]2[C@H](C(=O)N1c1cc(C(F)(F)F)ccc1Cl)[C@]1(c3ccc(Cl)cc3)C(=O)[C@]2(c2ccc(Cl)cc2)C(c2ccccc2)=C1c1ccccc1. The van der Waals surface area contributed by atoms with Crippen LogP contribution in [-0.2, 0) is 31.4 Å². The molecule has 2 aliphatic carbocycles. The minimum absolute atomic E-state index is 0.223. The van der Waals surface area contributed by atoms with Crippen LogP contribution in [0.5, 0.6) is 0 Å². The Morgan fingerprint density at radius 1 is 0.560 bits per heavy atom. The maximum absolute atomic E-state index is 15.9. The van der Waals surface area contributed by atoms with Gasteiger partial charge < -0.3 is 0 Å². The van der Waals surface area contributed by atoms with Gasteiger partial charge in [-0.05, 0) is 75.9 Å². The fourth-order valence-corrected chi connectivity index (χ4v) is 8.91. The van der Waals surface area contributed by atoms with Crippen molar-refractivity contribution in [2.24, 2.45) is 11.8 Å². The lowest BCUT2D eigenvalue weighted by Gasteiger charge is -2.39. The lowest BCUT2D eigenvalue weighted by Crippen LogP contribution is -2.45. The number of hydrogen-bond donors (Lipinski definition) is 0. The maximum Gasteiger partial charge on any atom is 0.416 e. The quantitative estimate of drug-likeness (QED) is 0.169. The molecule has 3 aliphatic rings. The molecule has 0 radical (unpaired) electrons. The predicted molar refractivity (Wildman–Crippen MR) is 187 cm³/mol. The van der Waals surface area contributed by atoms with Gasteiger partial charge in [0.05, 0.1) is 38.9 Å². The van der Waals surface area contributed by atoms with Crippen LogP contribution in [-0.4, -0.2) is 17.6 Å². The fraction of sp³-hybridized carbons (Fsp3) is 0.125. The number of ketones is 1. The van der Waals surface area contributed by atoms with E-state index in [1.54, 1.807) is 48.5 Å². The Labute approximate surface area is 299 Å². The van der Waals surface area contributed by atoms with Gasteiger partial charge in [-0.15, -0.1) is 0 Å². The summed E-state index contributed by atoms with van der Waals surface area (Å²) in [5.41, 5.74) is -1.90. The lowest BCUT2D eigenvalue weighted by molar-refractivity contribution is -0.137. The second kappa shape index (κ2) is 11.4. The van der Waals surface area contributed by atoms with Crippen LogP contribution in [0.4, 0.5) is 18.9 Å². The molecule has 1 saturated heterocycles. The summed E-state index contributed by atoms with van der Waals surface area (Å²) in [6, 6.07) is 34.0. The van der Waals surface area contributed by atoms with Crippen LogP contribution >= 0.6 is 34.8 Å². The van der Waals surface area contributed by atoms with Crippen molar-refractivity contribution in [1.82, 2.24) is 0 Å². The first-order chi connectivity index (χ1) is 23.9. The largest absolute Gasteiger partial charge is 0.416 e. The molecule has 50 heavy (non-hydrogen) atoms. The normalized spacial score (nSPS) is 24.4. The molecule has 0 aromatic heterocycles. The summed E-state index contributed by atoms with van der Waals surface area (Å²) in [6.07, 6.45) is -4.78. The van der Waals surface area contributed by atoms with Crippen molar-refractivity contribution in [2.75, 3.05) is 4.90 Å². The van der Waals surface area contributed by atoms with Gasteiger partial charge in [0, 0.05) is 10.0 Å². The van der Waals surface area contributed by atoms with Crippen molar-refractivity contribution in [3.63, 3.8) is 0 Å². The van der Waals surface area contributed by atoms with Crippen LogP contribution in [0, 0.1) is 11.8 Å². The van der Waals surface area contributed by atoms with Crippen LogP contribution in [0.25, 0.3) is 11.1 Å². The molecule has 1 saturated carbocycles. The first-order valence-electron chi connectivity index (χ1n) is 15.6. The summed E-state index contributed by atoms with van der Waals surface area (Å²) in [5.74, 6) is -4.80. The molecule has 5 aromatic rings. The van der Waals surface area contributed by atoms with E-state index in [4.69, 9.17) is 34.8 Å². The van der Waals surface area contributed by atoms with Gasteiger partial charge >= 0.3 is 6.18 Å². The van der Waals surface area contributed by atoms with E-state index in [-0.39, 0.29) is 5.02 Å². The van der Waals surface area contributed by atoms with E-state index in [0.717, 1.165) is 17.0 Å². The molecule has 2 amide bonds. The van der Waals surface area contributed by atoms with E-state index in [9.17, 15) is 13.2 Å².